The van der Waals surface area contributed by atoms with Gasteiger partial charge < -0.3 is 4.79 Å². The molecule has 0 fully saturated rings. The van der Waals surface area contributed by atoms with Crippen molar-refractivity contribution in [1.29, 1.82) is 0 Å². The third kappa shape index (κ3) is 2.97. The van der Waals surface area contributed by atoms with E-state index in [1.54, 1.807) is 0 Å². The van der Waals surface area contributed by atoms with Crippen molar-refractivity contribution >= 4 is 6.29 Å². The molecular weight excluding hydrogens is 182 g/mol. The third-order valence-electron chi connectivity index (χ3n) is 1.98. The molecule has 1 rings (SSSR count). The monoisotopic (exact) mass is 193 g/mol. The molecule has 1 unspecified atom stereocenters. The van der Waals surface area contributed by atoms with Crippen molar-refractivity contribution in [2.24, 2.45) is 0 Å². The molecule has 0 aromatic heterocycles. The van der Waals surface area contributed by atoms with Crippen molar-refractivity contribution in [1.82, 2.24) is 0 Å². The maximum absolute atomic E-state index is 10.5. The number of nitro groups is 1. The fourth-order valence-electron chi connectivity index (χ4n) is 1.24. The van der Waals surface area contributed by atoms with E-state index in [2.05, 4.69) is 0 Å². The molecule has 1 aromatic rings. The fourth-order valence-corrected chi connectivity index (χ4v) is 1.24. The minimum absolute atomic E-state index is 0.0259. The summed E-state index contributed by atoms with van der Waals surface area (Å²) in [6, 6.07) is 8.35. The molecular formula is C10H11NO3. The second kappa shape index (κ2) is 5.11. The second-order valence-corrected chi connectivity index (χ2v) is 3.03. The van der Waals surface area contributed by atoms with Gasteiger partial charge in [0, 0.05) is 11.3 Å². The van der Waals surface area contributed by atoms with E-state index < -0.39 is 11.0 Å². The summed E-state index contributed by atoms with van der Waals surface area (Å²) in [6.45, 7) is 0. The molecule has 4 heteroatoms. The van der Waals surface area contributed by atoms with Crippen molar-refractivity contribution < 1.29 is 9.72 Å². The maximum Gasteiger partial charge on any atom is 0.223 e. The molecule has 14 heavy (non-hydrogen) atoms. The zero-order valence-electron chi connectivity index (χ0n) is 7.63. The van der Waals surface area contributed by atoms with Crippen LogP contribution in [0.5, 0.6) is 0 Å². The van der Waals surface area contributed by atoms with Gasteiger partial charge in [0.2, 0.25) is 6.04 Å². The Morgan fingerprint density at radius 2 is 2.00 bits per heavy atom. The summed E-state index contributed by atoms with van der Waals surface area (Å²) in [6.07, 6.45) is 0.880. The van der Waals surface area contributed by atoms with Gasteiger partial charge in [-0.25, -0.2) is 0 Å². The predicted molar refractivity (Wildman–Crippen MR) is 51.6 cm³/mol. The van der Waals surface area contributed by atoms with E-state index in [0.29, 0.717) is 12.7 Å². The first-order chi connectivity index (χ1) is 6.74. The lowest BCUT2D eigenvalue weighted by molar-refractivity contribution is -0.520. The number of aldehydes is 1. The minimum atomic E-state index is -0.796. The number of carbonyl (C=O) groups excluding carboxylic acids is 1. The smallest absolute Gasteiger partial charge is 0.223 e. The van der Waals surface area contributed by atoms with Gasteiger partial charge in [-0.2, -0.15) is 0 Å². The molecule has 0 radical (unpaired) electrons. The predicted octanol–water partition coefficient (Wildman–Crippen LogP) is 1.46. The number of rotatable bonds is 5. The Labute approximate surface area is 81.7 Å². The zero-order valence-corrected chi connectivity index (χ0v) is 7.63. The van der Waals surface area contributed by atoms with Crippen LogP contribution in [0.3, 0.4) is 0 Å². The normalized spacial score (nSPS) is 12.0. The molecule has 1 atom stereocenters. The second-order valence-electron chi connectivity index (χ2n) is 3.03. The van der Waals surface area contributed by atoms with Crippen LogP contribution < -0.4 is 0 Å². The van der Waals surface area contributed by atoms with E-state index in [4.69, 9.17) is 0 Å². The molecule has 0 N–H and O–H groups in total. The summed E-state index contributed by atoms with van der Waals surface area (Å²) in [5.74, 6) is 0. The van der Waals surface area contributed by atoms with E-state index in [-0.39, 0.29) is 6.42 Å². The molecule has 0 saturated heterocycles. The van der Waals surface area contributed by atoms with E-state index in [1.807, 2.05) is 30.3 Å². The summed E-state index contributed by atoms with van der Waals surface area (Å²) in [4.78, 5) is 20.3. The van der Waals surface area contributed by atoms with Crippen molar-refractivity contribution in [3.05, 3.63) is 46.0 Å². The van der Waals surface area contributed by atoms with Crippen LogP contribution in [0.25, 0.3) is 0 Å². The Morgan fingerprint density at radius 1 is 1.36 bits per heavy atom. The van der Waals surface area contributed by atoms with E-state index in [1.165, 1.54) is 0 Å². The summed E-state index contributed by atoms with van der Waals surface area (Å²) in [5.41, 5.74) is 0.885. The summed E-state index contributed by atoms with van der Waals surface area (Å²) in [5, 5.41) is 10.5. The lowest BCUT2D eigenvalue weighted by Gasteiger charge is -2.05. The van der Waals surface area contributed by atoms with Crippen LogP contribution in [-0.4, -0.2) is 17.3 Å². The van der Waals surface area contributed by atoms with Gasteiger partial charge in [-0.3, -0.25) is 10.1 Å². The molecule has 0 heterocycles. The van der Waals surface area contributed by atoms with Crippen LogP contribution in [0.1, 0.15) is 12.0 Å². The first kappa shape index (κ1) is 10.4. The Hall–Kier alpha value is -1.71. The highest BCUT2D eigenvalue weighted by molar-refractivity contribution is 5.50. The van der Waals surface area contributed by atoms with Crippen molar-refractivity contribution in [3.63, 3.8) is 0 Å². The molecule has 0 saturated carbocycles. The number of hydrogen-bond donors (Lipinski definition) is 0. The zero-order chi connectivity index (χ0) is 10.4. The molecule has 0 amide bonds. The third-order valence-corrected chi connectivity index (χ3v) is 1.98. The average molecular weight is 193 g/mol. The first-order valence-electron chi connectivity index (χ1n) is 4.35. The molecule has 74 valence electrons. The number of nitrogens with zero attached hydrogens (tertiary/aromatic N) is 1. The number of carbonyl (C=O) groups is 1. The van der Waals surface area contributed by atoms with Crippen LogP contribution in [0, 0.1) is 10.1 Å². The Bertz CT molecular complexity index is 310. The van der Waals surface area contributed by atoms with Gasteiger partial charge in [-0.1, -0.05) is 30.3 Å². The quantitative estimate of drug-likeness (QED) is 0.404. The number of hydrogen-bond acceptors (Lipinski definition) is 3. The van der Waals surface area contributed by atoms with E-state index >= 15 is 0 Å². The average Bonchev–Trinajstić information content (AvgIpc) is 2.18. The molecule has 0 aliphatic rings. The highest BCUT2D eigenvalue weighted by Crippen LogP contribution is 2.07. The lowest BCUT2D eigenvalue weighted by atomic mass is 10.0. The van der Waals surface area contributed by atoms with Crippen molar-refractivity contribution in [2.45, 2.75) is 18.9 Å². The van der Waals surface area contributed by atoms with Crippen LogP contribution in [0.2, 0.25) is 0 Å². The highest BCUT2D eigenvalue weighted by atomic mass is 16.6. The van der Waals surface area contributed by atoms with Crippen molar-refractivity contribution in [2.75, 3.05) is 0 Å². The maximum atomic E-state index is 10.5. The SMILES string of the molecule is O=CCC(Cc1ccccc1)[N+](=O)[O-]. The van der Waals surface area contributed by atoms with Crippen molar-refractivity contribution in [3.8, 4) is 0 Å². The van der Waals surface area contributed by atoms with Gasteiger partial charge in [0.05, 0.1) is 6.42 Å². The van der Waals surface area contributed by atoms with E-state index in [9.17, 15) is 14.9 Å². The summed E-state index contributed by atoms with van der Waals surface area (Å²) >= 11 is 0. The Kier molecular flexibility index (Phi) is 3.79. The summed E-state index contributed by atoms with van der Waals surface area (Å²) < 4.78 is 0. The molecule has 1 aromatic carbocycles. The topological polar surface area (TPSA) is 60.2 Å². The first-order valence-corrected chi connectivity index (χ1v) is 4.35. The standard InChI is InChI=1S/C10H11NO3/c12-7-6-10(11(13)14)8-9-4-2-1-3-5-9/h1-5,7,10H,6,8H2. The van der Waals surface area contributed by atoms with E-state index in [0.717, 1.165) is 5.56 Å². The van der Waals surface area contributed by atoms with Gasteiger partial charge >= 0.3 is 0 Å². The molecule has 4 nitrogen and oxygen atoms in total. The molecule has 0 spiro atoms. The Morgan fingerprint density at radius 3 is 2.50 bits per heavy atom. The molecule has 0 aliphatic heterocycles. The van der Waals surface area contributed by atoms with Gasteiger partial charge in [-0.15, -0.1) is 0 Å². The Balaban J connectivity index is 2.64. The highest BCUT2D eigenvalue weighted by Gasteiger charge is 2.19. The lowest BCUT2D eigenvalue weighted by Crippen LogP contribution is -2.22. The van der Waals surface area contributed by atoms with Crippen LogP contribution in [0.4, 0.5) is 0 Å². The van der Waals surface area contributed by atoms with Crippen LogP contribution in [-0.2, 0) is 11.2 Å². The molecule has 0 aliphatic carbocycles. The molecule has 0 bridgehead atoms. The van der Waals surface area contributed by atoms with Gasteiger partial charge in [0.25, 0.3) is 0 Å². The number of benzene rings is 1. The largest absolute Gasteiger partial charge is 0.303 e. The fraction of sp³-hybridized carbons (Fsp3) is 0.300. The van der Waals surface area contributed by atoms with Gasteiger partial charge in [-0.05, 0) is 5.56 Å². The minimum Gasteiger partial charge on any atom is -0.303 e. The van der Waals surface area contributed by atoms with Gasteiger partial charge in [0.15, 0.2) is 0 Å². The van der Waals surface area contributed by atoms with Gasteiger partial charge in [0.1, 0.15) is 6.29 Å². The summed E-state index contributed by atoms with van der Waals surface area (Å²) in [7, 11) is 0. The van der Waals surface area contributed by atoms with Crippen LogP contribution >= 0.6 is 0 Å². The van der Waals surface area contributed by atoms with Crippen LogP contribution in [0.15, 0.2) is 30.3 Å².